The Kier molecular flexibility index (Phi) is 6.16. The van der Waals surface area contributed by atoms with Gasteiger partial charge in [-0.1, -0.05) is 12.1 Å². The summed E-state index contributed by atoms with van der Waals surface area (Å²) < 4.78 is 13.0. The van der Waals surface area contributed by atoms with Crippen molar-refractivity contribution in [3.63, 3.8) is 0 Å². The quantitative estimate of drug-likeness (QED) is 0.573. The molecule has 6 nitrogen and oxygen atoms in total. The second-order valence-corrected chi connectivity index (χ2v) is 6.27. The van der Waals surface area contributed by atoms with Crippen LogP contribution in [0.15, 0.2) is 54.7 Å². The van der Waals surface area contributed by atoms with Gasteiger partial charge in [0.05, 0.1) is 0 Å². The first kappa shape index (κ1) is 19.3. The number of anilines is 3. The molecule has 0 unspecified atom stereocenters. The zero-order valence-corrected chi connectivity index (χ0v) is 15.8. The molecule has 0 aliphatic heterocycles. The highest BCUT2D eigenvalue weighted by Gasteiger charge is 2.07. The third-order valence-electron chi connectivity index (χ3n) is 4.08. The lowest BCUT2D eigenvalue weighted by Gasteiger charge is -2.11. The molecule has 0 aliphatic carbocycles. The maximum atomic E-state index is 13.0. The van der Waals surface area contributed by atoms with Gasteiger partial charge in [0.2, 0.25) is 5.95 Å². The van der Waals surface area contributed by atoms with Crippen molar-refractivity contribution >= 4 is 23.4 Å². The van der Waals surface area contributed by atoms with Gasteiger partial charge in [0.1, 0.15) is 11.6 Å². The first-order chi connectivity index (χ1) is 13.5. The number of nitrogens with one attached hydrogen (secondary N) is 3. The van der Waals surface area contributed by atoms with Gasteiger partial charge in [-0.2, -0.15) is 4.98 Å². The fourth-order valence-corrected chi connectivity index (χ4v) is 2.56. The number of hydrogen-bond donors (Lipinski definition) is 3. The van der Waals surface area contributed by atoms with Crippen LogP contribution in [0.4, 0.5) is 21.8 Å². The van der Waals surface area contributed by atoms with E-state index in [2.05, 4.69) is 25.9 Å². The van der Waals surface area contributed by atoms with Gasteiger partial charge < -0.3 is 16.0 Å². The minimum atomic E-state index is -0.370. The smallest absolute Gasteiger partial charge is 0.255 e. The second-order valence-electron chi connectivity index (χ2n) is 6.27. The van der Waals surface area contributed by atoms with Gasteiger partial charge in [-0.25, -0.2) is 9.37 Å². The van der Waals surface area contributed by atoms with Gasteiger partial charge >= 0.3 is 0 Å². The van der Waals surface area contributed by atoms with Crippen molar-refractivity contribution in [2.24, 2.45) is 0 Å². The van der Waals surface area contributed by atoms with E-state index in [4.69, 9.17) is 0 Å². The fourth-order valence-electron chi connectivity index (χ4n) is 2.56. The zero-order chi connectivity index (χ0) is 19.9. The van der Waals surface area contributed by atoms with Gasteiger partial charge in [0.25, 0.3) is 5.91 Å². The Hall–Kier alpha value is -3.48. The van der Waals surface area contributed by atoms with Crippen molar-refractivity contribution in [1.29, 1.82) is 0 Å². The standard InChI is InChI=1S/C21H22FN5O/c1-3-23-21-25-12-14(2)19(27-21)24-13-15-4-10-18(11-5-15)26-20(28)16-6-8-17(22)9-7-16/h4-12H,3,13H2,1-2H3,(H,26,28)(H2,23,24,25,27). The fraction of sp³-hybridized carbons (Fsp3) is 0.190. The van der Waals surface area contributed by atoms with Crippen LogP contribution in [0.25, 0.3) is 0 Å². The lowest BCUT2D eigenvalue weighted by molar-refractivity contribution is 0.102. The Morgan fingerprint density at radius 3 is 2.43 bits per heavy atom. The van der Waals surface area contributed by atoms with Crippen molar-refractivity contribution in [1.82, 2.24) is 9.97 Å². The number of carbonyl (C=O) groups excluding carboxylic acids is 1. The van der Waals surface area contributed by atoms with E-state index in [0.29, 0.717) is 23.7 Å². The number of carbonyl (C=O) groups is 1. The molecule has 7 heteroatoms. The van der Waals surface area contributed by atoms with Gasteiger partial charge in [-0.15, -0.1) is 0 Å². The number of rotatable bonds is 7. The van der Waals surface area contributed by atoms with Crippen LogP contribution in [0.3, 0.4) is 0 Å². The summed E-state index contributed by atoms with van der Waals surface area (Å²) >= 11 is 0. The van der Waals surface area contributed by atoms with Crippen molar-refractivity contribution in [3.05, 3.63) is 77.2 Å². The Bertz CT molecular complexity index is 942. The van der Waals surface area contributed by atoms with Crippen LogP contribution in [0.1, 0.15) is 28.4 Å². The van der Waals surface area contributed by atoms with Gasteiger partial charge in [0.15, 0.2) is 0 Å². The van der Waals surface area contributed by atoms with Crippen LogP contribution < -0.4 is 16.0 Å². The molecule has 0 atom stereocenters. The van der Waals surface area contributed by atoms with Crippen LogP contribution >= 0.6 is 0 Å². The molecular formula is C21H22FN5O. The number of nitrogens with zero attached hydrogens (tertiary/aromatic N) is 2. The molecular weight excluding hydrogens is 357 g/mol. The third kappa shape index (κ3) is 5.03. The molecule has 0 saturated heterocycles. The Morgan fingerprint density at radius 1 is 1.04 bits per heavy atom. The predicted octanol–water partition coefficient (Wildman–Crippen LogP) is 4.22. The molecule has 3 rings (SSSR count). The monoisotopic (exact) mass is 379 g/mol. The molecule has 28 heavy (non-hydrogen) atoms. The molecule has 0 radical (unpaired) electrons. The van der Waals surface area contributed by atoms with Gasteiger partial charge in [-0.3, -0.25) is 4.79 Å². The van der Waals surface area contributed by atoms with Crippen LogP contribution in [-0.4, -0.2) is 22.4 Å². The number of benzene rings is 2. The molecule has 3 aromatic rings. The average Bonchev–Trinajstić information content (AvgIpc) is 2.70. The highest BCUT2D eigenvalue weighted by atomic mass is 19.1. The van der Waals surface area contributed by atoms with Crippen molar-refractivity contribution in [2.75, 3.05) is 22.5 Å². The minimum Gasteiger partial charge on any atom is -0.366 e. The number of halogens is 1. The van der Waals surface area contributed by atoms with E-state index in [0.717, 1.165) is 23.5 Å². The second kappa shape index (κ2) is 8.94. The van der Waals surface area contributed by atoms with E-state index in [-0.39, 0.29) is 11.7 Å². The molecule has 0 fully saturated rings. The normalized spacial score (nSPS) is 10.4. The number of aromatic nitrogens is 2. The first-order valence-electron chi connectivity index (χ1n) is 9.02. The summed E-state index contributed by atoms with van der Waals surface area (Å²) in [6.07, 6.45) is 1.78. The van der Waals surface area contributed by atoms with E-state index in [1.807, 2.05) is 38.1 Å². The van der Waals surface area contributed by atoms with E-state index in [1.165, 1.54) is 24.3 Å². The molecule has 1 aromatic heterocycles. The summed E-state index contributed by atoms with van der Waals surface area (Å²) in [5.74, 6) is 0.720. The van der Waals surface area contributed by atoms with Gasteiger partial charge in [-0.05, 0) is 55.8 Å². The SMILES string of the molecule is CCNc1ncc(C)c(NCc2ccc(NC(=O)c3ccc(F)cc3)cc2)n1. The number of amides is 1. The van der Waals surface area contributed by atoms with Gasteiger partial charge in [0, 0.05) is 36.1 Å². The minimum absolute atomic E-state index is 0.279. The largest absolute Gasteiger partial charge is 0.366 e. The highest BCUT2D eigenvalue weighted by molar-refractivity contribution is 6.04. The van der Waals surface area contributed by atoms with E-state index in [1.54, 1.807) is 6.20 Å². The molecule has 1 amide bonds. The highest BCUT2D eigenvalue weighted by Crippen LogP contribution is 2.16. The van der Waals surface area contributed by atoms with Crippen LogP contribution in [0, 0.1) is 12.7 Å². The van der Waals surface area contributed by atoms with Crippen molar-refractivity contribution in [3.8, 4) is 0 Å². The molecule has 0 saturated carbocycles. The summed E-state index contributed by atoms with van der Waals surface area (Å²) in [6.45, 7) is 5.29. The van der Waals surface area contributed by atoms with E-state index in [9.17, 15) is 9.18 Å². The first-order valence-corrected chi connectivity index (χ1v) is 9.02. The van der Waals surface area contributed by atoms with Crippen LogP contribution in [0.2, 0.25) is 0 Å². The predicted molar refractivity (Wildman–Crippen MR) is 109 cm³/mol. The lowest BCUT2D eigenvalue weighted by atomic mass is 10.1. The molecule has 0 aliphatic rings. The van der Waals surface area contributed by atoms with E-state index < -0.39 is 0 Å². The summed E-state index contributed by atoms with van der Waals surface area (Å²) in [4.78, 5) is 20.9. The third-order valence-corrected chi connectivity index (χ3v) is 4.08. The van der Waals surface area contributed by atoms with Crippen LogP contribution in [0.5, 0.6) is 0 Å². The Labute approximate surface area is 163 Å². The summed E-state index contributed by atoms with van der Waals surface area (Å²) in [5.41, 5.74) is 3.08. The molecule has 0 bridgehead atoms. The van der Waals surface area contributed by atoms with Crippen molar-refractivity contribution in [2.45, 2.75) is 20.4 Å². The molecule has 2 aromatic carbocycles. The molecule has 1 heterocycles. The van der Waals surface area contributed by atoms with Crippen LogP contribution in [-0.2, 0) is 6.54 Å². The molecule has 0 spiro atoms. The summed E-state index contributed by atoms with van der Waals surface area (Å²) in [6, 6.07) is 12.9. The maximum Gasteiger partial charge on any atom is 0.255 e. The summed E-state index contributed by atoms with van der Waals surface area (Å²) in [5, 5.41) is 9.20. The summed E-state index contributed by atoms with van der Waals surface area (Å²) in [7, 11) is 0. The van der Waals surface area contributed by atoms with Crippen molar-refractivity contribution < 1.29 is 9.18 Å². The molecule has 144 valence electrons. The Balaban J connectivity index is 1.59. The molecule has 3 N–H and O–H groups in total. The number of aryl methyl sites for hydroxylation is 1. The lowest BCUT2D eigenvalue weighted by Crippen LogP contribution is -2.12. The van der Waals surface area contributed by atoms with E-state index >= 15 is 0 Å². The maximum absolute atomic E-state index is 13.0. The zero-order valence-electron chi connectivity index (χ0n) is 15.8. The average molecular weight is 379 g/mol. The topological polar surface area (TPSA) is 78.9 Å². The Morgan fingerprint density at radius 2 is 1.75 bits per heavy atom. The number of hydrogen-bond acceptors (Lipinski definition) is 5.